The van der Waals surface area contributed by atoms with E-state index in [9.17, 15) is 19.5 Å². The van der Waals surface area contributed by atoms with E-state index in [0.717, 1.165) is 0 Å². The third-order valence-electron chi connectivity index (χ3n) is 3.72. The number of aliphatic carboxylic acids is 1. The second kappa shape index (κ2) is 6.12. The number of aromatic nitrogens is 1. The minimum absolute atomic E-state index is 0.344. The van der Waals surface area contributed by atoms with Crippen LogP contribution in [0, 0.1) is 5.92 Å². The van der Waals surface area contributed by atoms with Crippen molar-refractivity contribution in [3.8, 4) is 5.75 Å². The summed E-state index contributed by atoms with van der Waals surface area (Å²) >= 11 is 0. The standard InChI is InChI=1S/C16H18N2O5/c1-8(2)12(16(22)23)17-14(20)11-13(19)9-6-4-5-7-10(9)18(3)15(11)21/h4-8,12,19H,1-3H3,(H,17,20)(H,22,23)/t12-/m0/s1. The van der Waals surface area contributed by atoms with Crippen LogP contribution in [0.2, 0.25) is 0 Å². The summed E-state index contributed by atoms with van der Waals surface area (Å²) in [5, 5.41) is 22.1. The Kier molecular flexibility index (Phi) is 4.40. The van der Waals surface area contributed by atoms with Crippen LogP contribution in [0.25, 0.3) is 10.9 Å². The number of amides is 1. The van der Waals surface area contributed by atoms with Crippen molar-refractivity contribution in [2.75, 3.05) is 0 Å². The van der Waals surface area contributed by atoms with Gasteiger partial charge in [-0.25, -0.2) is 4.79 Å². The highest BCUT2D eigenvalue weighted by Crippen LogP contribution is 2.25. The van der Waals surface area contributed by atoms with Crippen LogP contribution >= 0.6 is 0 Å². The number of hydrogen-bond donors (Lipinski definition) is 3. The van der Waals surface area contributed by atoms with Crippen molar-refractivity contribution in [2.24, 2.45) is 13.0 Å². The Morgan fingerprint density at radius 2 is 1.83 bits per heavy atom. The number of aryl methyl sites for hydroxylation is 1. The van der Waals surface area contributed by atoms with E-state index in [4.69, 9.17) is 5.11 Å². The minimum atomic E-state index is -1.20. The predicted molar refractivity (Wildman–Crippen MR) is 84.6 cm³/mol. The Morgan fingerprint density at radius 3 is 2.39 bits per heavy atom. The molecule has 0 aliphatic heterocycles. The summed E-state index contributed by atoms with van der Waals surface area (Å²) in [4.78, 5) is 35.9. The molecule has 2 rings (SSSR count). The van der Waals surface area contributed by atoms with Gasteiger partial charge in [0.15, 0.2) is 0 Å². The Balaban J connectivity index is 2.57. The summed E-state index contributed by atoms with van der Waals surface area (Å²) in [6.07, 6.45) is 0. The fourth-order valence-corrected chi connectivity index (χ4v) is 2.41. The van der Waals surface area contributed by atoms with Gasteiger partial charge in [0.1, 0.15) is 17.4 Å². The average Bonchev–Trinajstić information content (AvgIpc) is 2.50. The molecule has 7 nitrogen and oxygen atoms in total. The summed E-state index contributed by atoms with van der Waals surface area (Å²) in [5.41, 5.74) is -0.671. The first-order valence-corrected chi connectivity index (χ1v) is 7.10. The third-order valence-corrected chi connectivity index (χ3v) is 3.72. The van der Waals surface area contributed by atoms with Crippen LogP contribution < -0.4 is 10.9 Å². The summed E-state index contributed by atoms with van der Waals surface area (Å²) in [7, 11) is 1.48. The van der Waals surface area contributed by atoms with E-state index in [-0.39, 0.29) is 5.92 Å². The van der Waals surface area contributed by atoms with Gasteiger partial charge in [0.25, 0.3) is 11.5 Å². The van der Waals surface area contributed by atoms with Gasteiger partial charge < -0.3 is 20.1 Å². The first-order valence-electron chi connectivity index (χ1n) is 7.10. The highest BCUT2D eigenvalue weighted by Gasteiger charge is 2.28. The van der Waals surface area contributed by atoms with Crippen molar-refractivity contribution < 1.29 is 19.8 Å². The highest BCUT2D eigenvalue weighted by atomic mass is 16.4. The molecule has 23 heavy (non-hydrogen) atoms. The lowest BCUT2D eigenvalue weighted by molar-refractivity contribution is -0.140. The van der Waals surface area contributed by atoms with E-state index in [1.54, 1.807) is 38.1 Å². The van der Waals surface area contributed by atoms with Crippen LogP contribution in [0.15, 0.2) is 29.1 Å². The number of hydrogen-bond acceptors (Lipinski definition) is 4. The number of carboxylic acid groups (broad SMARTS) is 1. The molecule has 0 fully saturated rings. The first-order chi connectivity index (χ1) is 10.8. The number of nitrogens with zero attached hydrogens (tertiary/aromatic N) is 1. The predicted octanol–water partition coefficient (Wildman–Crippen LogP) is 1.08. The first kappa shape index (κ1) is 16.5. The Hall–Kier alpha value is -2.83. The second-order valence-electron chi connectivity index (χ2n) is 5.64. The quantitative estimate of drug-likeness (QED) is 0.782. The number of carbonyl (C=O) groups excluding carboxylic acids is 1. The SMILES string of the molecule is CC(C)[C@H](NC(=O)c1c(O)c2ccccc2n(C)c1=O)C(=O)O. The van der Waals surface area contributed by atoms with Crippen LogP contribution in [0.3, 0.4) is 0 Å². The molecule has 1 atom stereocenters. The molecule has 1 aromatic heterocycles. The third kappa shape index (κ3) is 2.90. The van der Waals surface area contributed by atoms with E-state index in [2.05, 4.69) is 5.32 Å². The zero-order chi connectivity index (χ0) is 17.3. The molecule has 1 aromatic carbocycles. The molecule has 0 aliphatic rings. The lowest BCUT2D eigenvalue weighted by Gasteiger charge is -2.18. The van der Waals surface area contributed by atoms with E-state index in [1.165, 1.54) is 11.6 Å². The molecule has 0 aliphatic carbocycles. The van der Waals surface area contributed by atoms with Crippen molar-refractivity contribution in [1.82, 2.24) is 9.88 Å². The summed E-state index contributed by atoms with van der Waals surface area (Å²) in [5.74, 6) is -2.93. The number of para-hydroxylation sites is 1. The van der Waals surface area contributed by atoms with E-state index < -0.39 is 34.8 Å². The van der Waals surface area contributed by atoms with Crippen molar-refractivity contribution in [1.29, 1.82) is 0 Å². The maximum atomic E-state index is 12.4. The molecular formula is C16H18N2O5. The normalized spacial score (nSPS) is 12.3. The number of carboxylic acids is 1. The van der Waals surface area contributed by atoms with E-state index in [1.807, 2.05) is 0 Å². The number of fused-ring (bicyclic) bond motifs is 1. The lowest BCUT2D eigenvalue weighted by Crippen LogP contribution is -2.46. The fraction of sp³-hybridized carbons (Fsp3) is 0.312. The molecule has 122 valence electrons. The van der Waals surface area contributed by atoms with Gasteiger partial charge in [-0.1, -0.05) is 26.0 Å². The minimum Gasteiger partial charge on any atom is -0.506 e. The number of benzene rings is 1. The van der Waals surface area contributed by atoms with Crippen LogP contribution in [0.4, 0.5) is 0 Å². The van der Waals surface area contributed by atoms with Crippen LogP contribution in [-0.4, -0.2) is 32.7 Å². The highest BCUT2D eigenvalue weighted by molar-refractivity contribution is 6.03. The zero-order valence-electron chi connectivity index (χ0n) is 13.0. The Morgan fingerprint density at radius 1 is 1.22 bits per heavy atom. The molecule has 0 saturated heterocycles. The molecule has 0 saturated carbocycles. The van der Waals surface area contributed by atoms with Crippen LogP contribution in [0.1, 0.15) is 24.2 Å². The molecular weight excluding hydrogens is 300 g/mol. The van der Waals surface area contributed by atoms with Gasteiger partial charge >= 0.3 is 5.97 Å². The summed E-state index contributed by atoms with van der Waals surface area (Å²) < 4.78 is 1.25. The number of pyridine rings is 1. The van der Waals surface area contributed by atoms with Gasteiger partial charge in [0.2, 0.25) is 0 Å². The van der Waals surface area contributed by atoms with Crippen molar-refractivity contribution >= 4 is 22.8 Å². The average molecular weight is 318 g/mol. The van der Waals surface area contributed by atoms with Gasteiger partial charge in [-0.15, -0.1) is 0 Å². The van der Waals surface area contributed by atoms with Crippen LogP contribution in [0.5, 0.6) is 5.75 Å². The van der Waals surface area contributed by atoms with E-state index >= 15 is 0 Å². The molecule has 3 N–H and O–H groups in total. The summed E-state index contributed by atoms with van der Waals surface area (Å²) in [6, 6.07) is 5.45. The zero-order valence-corrected chi connectivity index (χ0v) is 13.0. The Bertz CT molecular complexity index is 838. The molecule has 0 bridgehead atoms. The smallest absolute Gasteiger partial charge is 0.326 e. The van der Waals surface area contributed by atoms with Crippen molar-refractivity contribution in [3.05, 3.63) is 40.2 Å². The van der Waals surface area contributed by atoms with Crippen molar-refractivity contribution in [3.63, 3.8) is 0 Å². The van der Waals surface area contributed by atoms with Gasteiger partial charge in [0.05, 0.1) is 5.52 Å². The molecule has 7 heteroatoms. The lowest BCUT2D eigenvalue weighted by atomic mass is 10.0. The van der Waals surface area contributed by atoms with Gasteiger partial charge in [-0.2, -0.15) is 0 Å². The molecule has 0 radical (unpaired) electrons. The molecule has 1 heterocycles. The van der Waals surface area contributed by atoms with Crippen LogP contribution in [-0.2, 0) is 11.8 Å². The van der Waals surface area contributed by atoms with Gasteiger partial charge in [-0.3, -0.25) is 9.59 Å². The maximum absolute atomic E-state index is 12.4. The number of carbonyl (C=O) groups is 2. The number of aromatic hydroxyl groups is 1. The van der Waals surface area contributed by atoms with Gasteiger partial charge in [0, 0.05) is 12.4 Å². The molecule has 0 spiro atoms. The molecule has 1 amide bonds. The topological polar surface area (TPSA) is 109 Å². The fourth-order valence-electron chi connectivity index (χ4n) is 2.41. The largest absolute Gasteiger partial charge is 0.506 e. The number of nitrogens with one attached hydrogen (secondary N) is 1. The number of rotatable bonds is 4. The second-order valence-corrected chi connectivity index (χ2v) is 5.64. The molecule has 0 unspecified atom stereocenters. The van der Waals surface area contributed by atoms with Gasteiger partial charge in [-0.05, 0) is 18.1 Å². The van der Waals surface area contributed by atoms with Crippen molar-refractivity contribution in [2.45, 2.75) is 19.9 Å². The van der Waals surface area contributed by atoms with E-state index in [0.29, 0.717) is 10.9 Å². The molecule has 2 aromatic rings. The summed E-state index contributed by atoms with van der Waals surface area (Å²) in [6.45, 7) is 3.27. The Labute approximate surface area is 132 Å². The monoisotopic (exact) mass is 318 g/mol. The maximum Gasteiger partial charge on any atom is 0.326 e.